The van der Waals surface area contributed by atoms with Gasteiger partial charge in [-0.3, -0.25) is 19.3 Å². The van der Waals surface area contributed by atoms with Crippen molar-refractivity contribution in [1.29, 1.82) is 0 Å². The van der Waals surface area contributed by atoms with E-state index >= 15 is 0 Å². The Labute approximate surface area is 175 Å². The summed E-state index contributed by atoms with van der Waals surface area (Å²) in [6.45, 7) is 0.150. The highest BCUT2D eigenvalue weighted by Crippen LogP contribution is 2.48. The van der Waals surface area contributed by atoms with E-state index in [2.05, 4.69) is 5.32 Å². The number of nitrogens with zero attached hydrogens (tertiary/aromatic N) is 1. The van der Waals surface area contributed by atoms with Gasteiger partial charge in [-0.1, -0.05) is 6.07 Å². The predicted octanol–water partition coefficient (Wildman–Crippen LogP) is 1.74. The number of hydrogen-bond donors (Lipinski definition) is 2. The van der Waals surface area contributed by atoms with Crippen molar-refractivity contribution >= 4 is 35.8 Å². The van der Waals surface area contributed by atoms with Gasteiger partial charge in [-0.25, -0.2) is 0 Å². The van der Waals surface area contributed by atoms with Gasteiger partial charge in [0, 0.05) is 18.7 Å². The van der Waals surface area contributed by atoms with Gasteiger partial charge in [-0.15, -0.1) is 12.4 Å². The topological polar surface area (TPSA) is 102 Å². The zero-order chi connectivity index (χ0) is 19.4. The summed E-state index contributed by atoms with van der Waals surface area (Å²) in [5, 5.41) is 3.07. The van der Waals surface area contributed by atoms with Crippen LogP contribution in [0.4, 0.5) is 5.69 Å². The first kappa shape index (κ1) is 20.2. The summed E-state index contributed by atoms with van der Waals surface area (Å²) < 4.78 is 5.74. The molecule has 5 rings (SSSR count). The highest BCUT2D eigenvalue weighted by molar-refractivity contribution is 6.06. The smallest absolute Gasteiger partial charge is 0.235 e. The van der Waals surface area contributed by atoms with E-state index in [1.54, 1.807) is 0 Å². The largest absolute Gasteiger partial charge is 0.399 e. The van der Waals surface area contributed by atoms with E-state index in [9.17, 15) is 14.4 Å². The van der Waals surface area contributed by atoms with Crippen LogP contribution in [0, 0.1) is 11.8 Å². The van der Waals surface area contributed by atoms with Gasteiger partial charge in [-0.2, -0.15) is 0 Å². The minimum atomic E-state index is -0.329. The summed E-state index contributed by atoms with van der Waals surface area (Å²) in [5.41, 5.74) is 8.91. The fourth-order valence-electron chi connectivity index (χ4n) is 5.46. The molecule has 0 radical (unpaired) electrons. The molecule has 1 aromatic carbocycles. The normalized spacial score (nSPS) is 32.0. The minimum Gasteiger partial charge on any atom is -0.399 e. The molecule has 2 bridgehead atoms. The van der Waals surface area contributed by atoms with Crippen LogP contribution in [0.2, 0.25) is 0 Å². The molecule has 3 amide bonds. The number of aryl methyl sites for hydroxylation is 1. The molecular formula is C21H26ClN3O4. The number of likely N-dealkylation sites (tertiary alicyclic amines) is 1. The molecule has 156 valence electrons. The van der Waals surface area contributed by atoms with Gasteiger partial charge in [0.1, 0.15) is 0 Å². The van der Waals surface area contributed by atoms with Gasteiger partial charge in [0.25, 0.3) is 0 Å². The number of carbonyl (C=O) groups is 3. The molecule has 0 spiro atoms. The van der Waals surface area contributed by atoms with E-state index in [1.165, 1.54) is 10.5 Å². The Morgan fingerprint density at radius 3 is 2.52 bits per heavy atom. The van der Waals surface area contributed by atoms with Crippen molar-refractivity contribution in [1.82, 2.24) is 10.2 Å². The van der Waals surface area contributed by atoms with E-state index in [0.717, 1.165) is 43.4 Å². The molecule has 5 unspecified atom stereocenters. The average molecular weight is 420 g/mol. The number of ether oxygens (including phenoxy) is 1. The molecule has 7 nitrogen and oxygen atoms in total. The number of nitrogen functional groups attached to an aromatic ring is 1. The first-order valence-corrected chi connectivity index (χ1v) is 10.2. The lowest BCUT2D eigenvalue weighted by Crippen LogP contribution is -2.38. The van der Waals surface area contributed by atoms with E-state index in [1.807, 2.05) is 18.2 Å². The van der Waals surface area contributed by atoms with Crippen LogP contribution in [0.5, 0.6) is 0 Å². The van der Waals surface area contributed by atoms with Crippen molar-refractivity contribution in [2.45, 2.75) is 56.8 Å². The van der Waals surface area contributed by atoms with Crippen molar-refractivity contribution in [3.05, 3.63) is 29.3 Å². The summed E-state index contributed by atoms with van der Waals surface area (Å²) >= 11 is 0. The monoisotopic (exact) mass is 419 g/mol. The molecule has 3 fully saturated rings. The second-order valence-electron chi connectivity index (χ2n) is 8.39. The number of carbonyl (C=O) groups excluding carboxylic acids is 3. The third kappa shape index (κ3) is 3.30. The summed E-state index contributed by atoms with van der Waals surface area (Å²) in [6, 6.07) is 5.79. The molecule has 29 heavy (non-hydrogen) atoms. The number of anilines is 1. The summed E-state index contributed by atoms with van der Waals surface area (Å²) in [4.78, 5) is 39.2. The second-order valence-corrected chi connectivity index (χ2v) is 8.39. The van der Waals surface area contributed by atoms with Gasteiger partial charge in [0.2, 0.25) is 17.7 Å². The number of amides is 3. The molecule has 3 N–H and O–H groups in total. The number of hydrogen-bond acceptors (Lipinski definition) is 5. The van der Waals surface area contributed by atoms with Crippen LogP contribution < -0.4 is 11.1 Å². The quantitative estimate of drug-likeness (QED) is 0.571. The Bertz CT molecular complexity index is 832. The Kier molecular flexibility index (Phi) is 5.29. The molecule has 0 aromatic heterocycles. The molecule has 4 aliphatic rings. The average Bonchev–Trinajstić information content (AvgIpc) is 3.35. The van der Waals surface area contributed by atoms with Crippen molar-refractivity contribution in [2.24, 2.45) is 11.8 Å². The standard InChI is InChI=1S/C21H25N3O4.ClH/c22-12-4-5-13-11(10-12)2-1-3-14(13)23-17(25)8-9-24-20(26)18-15-6-7-16(28-15)19(18)21(24)27;/h4-5,10,14-16,18-19H,1-3,6-9,22H2,(H,23,25);1H. The third-order valence-corrected chi connectivity index (χ3v) is 6.75. The zero-order valence-electron chi connectivity index (χ0n) is 16.1. The fourth-order valence-corrected chi connectivity index (χ4v) is 5.46. The maximum Gasteiger partial charge on any atom is 0.235 e. The van der Waals surface area contributed by atoms with Crippen molar-refractivity contribution in [2.75, 3.05) is 12.3 Å². The summed E-state index contributed by atoms with van der Waals surface area (Å²) in [7, 11) is 0. The Morgan fingerprint density at radius 2 is 1.83 bits per heavy atom. The first-order chi connectivity index (χ1) is 13.5. The molecule has 3 heterocycles. The number of halogens is 1. The van der Waals surface area contributed by atoms with E-state index < -0.39 is 0 Å². The summed E-state index contributed by atoms with van der Waals surface area (Å²) in [5.74, 6) is -1.11. The molecular weight excluding hydrogens is 394 g/mol. The number of nitrogens with two attached hydrogens (primary N) is 1. The number of imide groups is 1. The number of rotatable bonds is 4. The van der Waals surface area contributed by atoms with Crippen LogP contribution in [-0.2, 0) is 25.5 Å². The molecule has 0 saturated carbocycles. The van der Waals surface area contributed by atoms with Crippen molar-refractivity contribution < 1.29 is 19.1 Å². The molecule has 3 saturated heterocycles. The van der Waals surface area contributed by atoms with E-state index in [4.69, 9.17) is 10.5 Å². The predicted molar refractivity (Wildman–Crippen MR) is 108 cm³/mol. The lowest BCUT2D eigenvalue weighted by atomic mass is 9.81. The van der Waals surface area contributed by atoms with Crippen LogP contribution in [0.15, 0.2) is 18.2 Å². The maximum atomic E-state index is 12.7. The maximum absolute atomic E-state index is 12.7. The molecule has 5 atom stereocenters. The second kappa shape index (κ2) is 7.61. The van der Waals surface area contributed by atoms with Crippen LogP contribution in [0.1, 0.15) is 49.3 Å². The van der Waals surface area contributed by atoms with Crippen molar-refractivity contribution in [3.8, 4) is 0 Å². The van der Waals surface area contributed by atoms with Gasteiger partial charge in [-0.05, 0) is 55.4 Å². The lowest BCUT2D eigenvalue weighted by Gasteiger charge is -2.27. The van der Waals surface area contributed by atoms with Crippen LogP contribution in [0.3, 0.4) is 0 Å². The lowest BCUT2D eigenvalue weighted by molar-refractivity contribution is -0.142. The van der Waals surface area contributed by atoms with Crippen LogP contribution in [-0.4, -0.2) is 41.4 Å². The highest BCUT2D eigenvalue weighted by atomic mass is 35.5. The SMILES string of the molecule is Cl.Nc1ccc2c(c1)CCCC2NC(=O)CCN1C(=O)C2C3CCC(O3)C2C1=O. The minimum absolute atomic E-state index is 0. The highest BCUT2D eigenvalue weighted by Gasteiger charge is 2.62. The molecule has 1 aromatic rings. The van der Waals surface area contributed by atoms with Crippen LogP contribution in [0.25, 0.3) is 0 Å². The fraction of sp³-hybridized carbons (Fsp3) is 0.571. The van der Waals surface area contributed by atoms with Gasteiger partial charge >= 0.3 is 0 Å². The number of benzene rings is 1. The Hall–Kier alpha value is -2.12. The zero-order valence-corrected chi connectivity index (χ0v) is 17.0. The van der Waals surface area contributed by atoms with Gasteiger partial charge in [0.15, 0.2) is 0 Å². The van der Waals surface area contributed by atoms with E-state index in [0.29, 0.717) is 0 Å². The van der Waals surface area contributed by atoms with Gasteiger partial charge < -0.3 is 15.8 Å². The molecule has 1 aliphatic carbocycles. The summed E-state index contributed by atoms with van der Waals surface area (Å²) in [6.07, 6.45) is 4.46. The Morgan fingerprint density at radius 1 is 1.14 bits per heavy atom. The Balaban J connectivity index is 0.00000205. The first-order valence-electron chi connectivity index (χ1n) is 10.2. The van der Waals surface area contributed by atoms with Crippen LogP contribution >= 0.6 is 12.4 Å². The third-order valence-electron chi connectivity index (χ3n) is 6.75. The molecule has 8 heteroatoms. The van der Waals surface area contributed by atoms with E-state index in [-0.39, 0.29) is 73.2 Å². The van der Waals surface area contributed by atoms with Gasteiger partial charge in [0.05, 0.1) is 30.1 Å². The number of nitrogens with one attached hydrogen (secondary N) is 1. The number of fused-ring (bicyclic) bond motifs is 6. The molecule has 3 aliphatic heterocycles. The van der Waals surface area contributed by atoms with Crippen molar-refractivity contribution in [3.63, 3.8) is 0 Å².